The predicted molar refractivity (Wildman–Crippen MR) is 96.0 cm³/mol. The van der Waals surface area contributed by atoms with Crippen molar-refractivity contribution in [2.45, 2.75) is 6.42 Å². The molecule has 2 aromatic rings. The van der Waals surface area contributed by atoms with Crippen LogP contribution in [-0.4, -0.2) is 39.0 Å². The number of nitrogens with one attached hydrogen (secondary N) is 1. The predicted octanol–water partition coefficient (Wildman–Crippen LogP) is 1.43. The van der Waals surface area contributed by atoms with Gasteiger partial charge in [-0.2, -0.15) is 13.5 Å². The van der Waals surface area contributed by atoms with E-state index in [0.717, 1.165) is 6.26 Å². The van der Waals surface area contributed by atoms with E-state index in [1.807, 2.05) is 0 Å². The van der Waals surface area contributed by atoms with E-state index in [4.69, 9.17) is 8.92 Å². The van der Waals surface area contributed by atoms with Crippen molar-refractivity contribution in [3.8, 4) is 17.2 Å². The summed E-state index contributed by atoms with van der Waals surface area (Å²) in [5, 5.41) is 13.2. The summed E-state index contributed by atoms with van der Waals surface area (Å²) in [6.07, 6.45) is 2.32. The molecule has 9 heteroatoms. The Morgan fingerprint density at radius 1 is 1.27 bits per heavy atom. The van der Waals surface area contributed by atoms with Gasteiger partial charge in [0, 0.05) is 11.6 Å². The standard InChI is InChI=1S/C17H18N2O6S/c1-24-16-10-14(20)7-6-13(16)11-18-19-17(21)9-12-4-3-5-15(8-12)25-26(2,22)23/h3-8,10-11,20H,9H2,1-2H3,(H,19,21). The molecule has 0 aliphatic carbocycles. The molecule has 2 aromatic carbocycles. The Morgan fingerprint density at radius 2 is 2.04 bits per heavy atom. The van der Waals surface area contributed by atoms with Crippen LogP contribution in [0.25, 0.3) is 0 Å². The van der Waals surface area contributed by atoms with E-state index >= 15 is 0 Å². The number of phenols is 1. The number of aromatic hydroxyl groups is 1. The van der Waals surface area contributed by atoms with E-state index in [-0.39, 0.29) is 17.9 Å². The van der Waals surface area contributed by atoms with Crippen LogP contribution in [0.1, 0.15) is 11.1 Å². The molecule has 0 saturated carbocycles. The fraction of sp³-hybridized carbons (Fsp3) is 0.176. The molecule has 0 aliphatic rings. The molecule has 0 bridgehead atoms. The van der Waals surface area contributed by atoms with Gasteiger partial charge in [0.25, 0.3) is 0 Å². The third-order valence-corrected chi connectivity index (χ3v) is 3.62. The molecule has 0 heterocycles. The van der Waals surface area contributed by atoms with Crippen LogP contribution in [0.4, 0.5) is 0 Å². The lowest BCUT2D eigenvalue weighted by molar-refractivity contribution is -0.120. The lowest BCUT2D eigenvalue weighted by Gasteiger charge is -2.06. The topological polar surface area (TPSA) is 114 Å². The van der Waals surface area contributed by atoms with Crippen molar-refractivity contribution in [3.05, 3.63) is 53.6 Å². The van der Waals surface area contributed by atoms with Gasteiger partial charge in [0.2, 0.25) is 5.91 Å². The number of nitrogens with zero attached hydrogens (tertiary/aromatic N) is 1. The van der Waals surface area contributed by atoms with Crippen molar-refractivity contribution >= 4 is 22.2 Å². The van der Waals surface area contributed by atoms with Crippen molar-refractivity contribution in [2.24, 2.45) is 5.10 Å². The molecule has 1 amide bonds. The average molecular weight is 378 g/mol. The maximum absolute atomic E-state index is 12.0. The molecule has 0 aromatic heterocycles. The monoisotopic (exact) mass is 378 g/mol. The summed E-state index contributed by atoms with van der Waals surface area (Å²) in [6, 6.07) is 10.7. The Morgan fingerprint density at radius 3 is 2.73 bits per heavy atom. The number of phenolic OH excluding ortho intramolecular Hbond substituents is 1. The number of benzene rings is 2. The normalized spacial score (nSPS) is 11.3. The summed E-state index contributed by atoms with van der Waals surface area (Å²) >= 11 is 0. The maximum Gasteiger partial charge on any atom is 0.306 e. The van der Waals surface area contributed by atoms with Crippen molar-refractivity contribution in [1.82, 2.24) is 5.43 Å². The van der Waals surface area contributed by atoms with Gasteiger partial charge in [0.05, 0.1) is 26.0 Å². The van der Waals surface area contributed by atoms with Gasteiger partial charge in [-0.25, -0.2) is 5.43 Å². The molecule has 8 nitrogen and oxygen atoms in total. The van der Waals surface area contributed by atoms with Gasteiger partial charge < -0.3 is 14.0 Å². The first-order valence-corrected chi connectivity index (χ1v) is 9.26. The summed E-state index contributed by atoms with van der Waals surface area (Å²) in [5.41, 5.74) is 3.52. The third-order valence-electron chi connectivity index (χ3n) is 3.12. The Labute approximate surface area is 151 Å². The van der Waals surface area contributed by atoms with Crippen molar-refractivity contribution in [2.75, 3.05) is 13.4 Å². The number of carbonyl (C=O) groups excluding carboxylic acids is 1. The van der Waals surface area contributed by atoms with Crippen LogP contribution in [-0.2, 0) is 21.3 Å². The number of methoxy groups -OCH3 is 1. The Balaban J connectivity index is 1.98. The number of hydrogen-bond donors (Lipinski definition) is 2. The fourth-order valence-electron chi connectivity index (χ4n) is 2.09. The Hall–Kier alpha value is -3.07. The van der Waals surface area contributed by atoms with Gasteiger partial charge >= 0.3 is 10.1 Å². The zero-order chi connectivity index (χ0) is 19.2. The Kier molecular flexibility index (Phi) is 6.18. The van der Waals surface area contributed by atoms with Crippen molar-refractivity contribution in [3.63, 3.8) is 0 Å². The highest BCUT2D eigenvalue weighted by molar-refractivity contribution is 7.86. The molecule has 2 rings (SSSR count). The largest absolute Gasteiger partial charge is 0.508 e. The second kappa shape index (κ2) is 8.34. The van der Waals surface area contributed by atoms with E-state index in [0.29, 0.717) is 16.9 Å². The van der Waals surface area contributed by atoms with Crippen LogP contribution in [0.3, 0.4) is 0 Å². The SMILES string of the molecule is COc1cc(O)ccc1C=NNC(=O)Cc1cccc(OS(C)(=O)=O)c1. The van der Waals surface area contributed by atoms with E-state index in [2.05, 4.69) is 10.5 Å². The van der Waals surface area contributed by atoms with Gasteiger partial charge in [0.15, 0.2) is 0 Å². The second-order valence-electron chi connectivity index (χ2n) is 5.33. The first-order chi connectivity index (χ1) is 12.3. The third kappa shape index (κ3) is 6.10. The summed E-state index contributed by atoms with van der Waals surface area (Å²) in [7, 11) is -2.18. The average Bonchev–Trinajstić information content (AvgIpc) is 2.54. The van der Waals surface area contributed by atoms with Crippen molar-refractivity contribution in [1.29, 1.82) is 0 Å². The molecule has 0 spiro atoms. The number of rotatable bonds is 7. The minimum atomic E-state index is -3.63. The number of ether oxygens (including phenoxy) is 1. The van der Waals surface area contributed by atoms with E-state index in [1.165, 1.54) is 37.6 Å². The summed E-state index contributed by atoms with van der Waals surface area (Å²) in [5.74, 6) is 0.207. The first kappa shape index (κ1) is 19.3. The number of amides is 1. The van der Waals surface area contributed by atoms with Crippen LogP contribution < -0.4 is 14.3 Å². The highest BCUT2D eigenvalue weighted by atomic mass is 32.2. The molecule has 0 fully saturated rings. The molecule has 0 unspecified atom stereocenters. The fourth-order valence-corrected chi connectivity index (χ4v) is 2.54. The van der Waals surface area contributed by atoms with Crippen LogP contribution in [0.2, 0.25) is 0 Å². The highest BCUT2D eigenvalue weighted by Gasteiger charge is 2.08. The Bertz CT molecular complexity index is 925. The second-order valence-corrected chi connectivity index (χ2v) is 6.91. The van der Waals surface area contributed by atoms with Gasteiger partial charge in [0.1, 0.15) is 17.2 Å². The molecular weight excluding hydrogens is 360 g/mol. The minimum absolute atomic E-state index is 0.00891. The summed E-state index contributed by atoms with van der Waals surface area (Å²) in [4.78, 5) is 12.0. The molecule has 138 valence electrons. The molecule has 0 radical (unpaired) electrons. The van der Waals surface area contributed by atoms with Gasteiger partial charge in [-0.1, -0.05) is 12.1 Å². The number of hydrogen-bond acceptors (Lipinski definition) is 7. The molecule has 0 aliphatic heterocycles. The van der Waals surface area contributed by atoms with E-state index < -0.39 is 16.0 Å². The number of carbonyl (C=O) groups is 1. The minimum Gasteiger partial charge on any atom is -0.508 e. The van der Waals surface area contributed by atoms with Gasteiger partial charge in [-0.3, -0.25) is 4.79 Å². The molecule has 0 atom stereocenters. The lowest BCUT2D eigenvalue weighted by atomic mass is 10.1. The molecule has 26 heavy (non-hydrogen) atoms. The quantitative estimate of drug-likeness (QED) is 0.428. The zero-order valence-electron chi connectivity index (χ0n) is 14.2. The van der Waals surface area contributed by atoms with Gasteiger partial charge in [-0.05, 0) is 29.8 Å². The first-order valence-electron chi connectivity index (χ1n) is 7.44. The van der Waals surface area contributed by atoms with E-state index in [9.17, 15) is 18.3 Å². The zero-order valence-corrected chi connectivity index (χ0v) is 15.0. The lowest BCUT2D eigenvalue weighted by Crippen LogP contribution is -2.19. The highest BCUT2D eigenvalue weighted by Crippen LogP contribution is 2.22. The van der Waals surface area contributed by atoms with Crippen molar-refractivity contribution < 1.29 is 27.2 Å². The maximum atomic E-state index is 12.0. The summed E-state index contributed by atoms with van der Waals surface area (Å²) in [6.45, 7) is 0. The van der Waals surface area contributed by atoms with Crippen LogP contribution in [0, 0.1) is 0 Å². The summed E-state index contributed by atoms with van der Waals surface area (Å²) < 4.78 is 32.2. The smallest absolute Gasteiger partial charge is 0.306 e. The number of hydrazone groups is 1. The molecular formula is C17H18N2O6S. The van der Waals surface area contributed by atoms with Gasteiger partial charge in [-0.15, -0.1) is 0 Å². The molecule has 0 saturated heterocycles. The van der Waals surface area contributed by atoms with Crippen LogP contribution >= 0.6 is 0 Å². The van der Waals surface area contributed by atoms with E-state index in [1.54, 1.807) is 18.2 Å². The molecule has 2 N–H and O–H groups in total. The van der Waals surface area contributed by atoms with Crippen LogP contribution in [0.15, 0.2) is 47.6 Å². The van der Waals surface area contributed by atoms with Crippen LogP contribution in [0.5, 0.6) is 17.2 Å².